The first-order chi connectivity index (χ1) is 13.2. The molecule has 1 atom stereocenters. The average Bonchev–Trinajstić information content (AvgIpc) is 3.12. The molecule has 2 aromatic rings. The van der Waals surface area contributed by atoms with E-state index in [1.807, 2.05) is 82.3 Å². The Labute approximate surface area is 166 Å². The van der Waals surface area contributed by atoms with Gasteiger partial charge in [0.1, 0.15) is 6.10 Å². The Morgan fingerprint density at radius 2 is 1.57 bits per heavy atom. The Balaban J connectivity index is 1.41. The van der Waals surface area contributed by atoms with E-state index in [1.54, 1.807) is 4.90 Å². The van der Waals surface area contributed by atoms with Gasteiger partial charge in [-0.1, -0.05) is 54.6 Å². The van der Waals surface area contributed by atoms with Crippen LogP contribution in [0.25, 0.3) is 0 Å². The molecular weight excluding hydrogens is 353 g/mol. The third-order valence-corrected chi connectivity index (χ3v) is 5.94. The summed E-state index contributed by atoms with van der Waals surface area (Å²) in [5.74, 6) is 0. The lowest BCUT2D eigenvalue weighted by atomic mass is 9.79. The first-order valence-corrected chi connectivity index (χ1v) is 9.70. The second-order valence-corrected chi connectivity index (χ2v) is 8.49. The first kappa shape index (κ1) is 19.0. The molecule has 2 saturated heterocycles. The first-order valence-electron chi connectivity index (χ1n) is 9.70. The molecule has 2 aromatic carbocycles. The van der Waals surface area contributed by atoms with Crippen molar-refractivity contribution in [3.63, 3.8) is 0 Å². The lowest BCUT2D eigenvalue weighted by Gasteiger charge is -2.32. The van der Waals surface area contributed by atoms with E-state index in [-0.39, 0.29) is 30.5 Å². The molecule has 146 valence electrons. The van der Waals surface area contributed by atoms with Crippen molar-refractivity contribution in [2.45, 2.75) is 51.5 Å². The highest BCUT2D eigenvalue weighted by Crippen LogP contribution is 2.36. The van der Waals surface area contributed by atoms with Gasteiger partial charge in [0.2, 0.25) is 0 Å². The number of carbonyl (C=O) groups is 1. The summed E-state index contributed by atoms with van der Waals surface area (Å²) in [5.41, 5.74) is 2.33. The molecule has 0 spiro atoms. The van der Waals surface area contributed by atoms with Crippen LogP contribution in [-0.2, 0) is 20.6 Å². The van der Waals surface area contributed by atoms with Crippen molar-refractivity contribution >= 4 is 18.7 Å². The summed E-state index contributed by atoms with van der Waals surface area (Å²) in [5, 5.41) is 0. The van der Waals surface area contributed by atoms with Gasteiger partial charge in [-0.25, -0.2) is 4.79 Å². The molecule has 0 aliphatic carbocycles. The van der Waals surface area contributed by atoms with Gasteiger partial charge in [-0.2, -0.15) is 0 Å². The van der Waals surface area contributed by atoms with Crippen LogP contribution in [0.15, 0.2) is 54.6 Å². The van der Waals surface area contributed by atoms with Crippen molar-refractivity contribution < 1.29 is 18.8 Å². The van der Waals surface area contributed by atoms with Crippen molar-refractivity contribution in [2.24, 2.45) is 0 Å². The van der Waals surface area contributed by atoms with Crippen LogP contribution in [-0.4, -0.2) is 35.9 Å². The molecule has 5 nitrogen and oxygen atoms in total. The zero-order chi connectivity index (χ0) is 19.9. The van der Waals surface area contributed by atoms with Crippen LogP contribution in [0, 0.1) is 0 Å². The van der Waals surface area contributed by atoms with Gasteiger partial charge in [-0.05, 0) is 44.3 Å². The zero-order valence-corrected chi connectivity index (χ0v) is 16.8. The minimum atomic E-state index is -0.377. The Kier molecular flexibility index (Phi) is 4.72. The molecule has 0 aromatic heterocycles. The fourth-order valence-electron chi connectivity index (χ4n) is 3.46. The summed E-state index contributed by atoms with van der Waals surface area (Å²) in [6.07, 6.45) is -0.485. The maximum atomic E-state index is 12.2. The van der Waals surface area contributed by atoms with Crippen LogP contribution in [0.2, 0.25) is 0 Å². The molecule has 2 aliphatic heterocycles. The van der Waals surface area contributed by atoms with Gasteiger partial charge in [-0.3, -0.25) is 4.90 Å². The van der Waals surface area contributed by atoms with Crippen LogP contribution in [0.1, 0.15) is 44.9 Å². The van der Waals surface area contributed by atoms with Gasteiger partial charge >= 0.3 is 13.2 Å². The maximum absolute atomic E-state index is 12.2. The van der Waals surface area contributed by atoms with Gasteiger partial charge in [0.15, 0.2) is 0 Å². The highest BCUT2D eigenvalue weighted by Gasteiger charge is 2.51. The van der Waals surface area contributed by atoms with Gasteiger partial charge in [0.25, 0.3) is 0 Å². The molecular formula is C22H26BNO4. The van der Waals surface area contributed by atoms with Crippen molar-refractivity contribution in [1.82, 2.24) is 4.90 Å². The van der Waals surface area contributed by atoms with E-state index in [1.165, 1.54) is 0 Å². The standard InChI is InChI=1S/C22H26BNO4/c1-21(2)22(3,4)28-23(27-21)18-12-10-16(11-13-18)14-24-15-19(26-20(24)25)17-8-6-5-7-9-17/h5-13,19H,14-15H2,1-4H3. The summed E-state index contributed by atoms with van der Waals surface area (Å²) in [6.45, 7) is 9.26. The molecule has 0 N–H and O–H groups in total. The number of rotatable bonds is 4. The molecule has 0 bridgehead atoms. The quantitative estimate of drug-likeness (QED) is 0.761. The van der Waals surface area contributed by atoms with Gasteiger partial charge in [-0.15, -0.1) is 0 Å². The fraction of sp³-hybridized carbons (Fsp3) is 0.409. The SMILES string of the molecule is CC1(C)OB(c2ccc(CN3CC(c4ccccc4)OC3=O)cc2)OC1(C)C. The number of amides is 1. The van der Waals surface area contributed by atoms with Crippen LogP contribution in [0.3, 0.4) is 0 Å². The second kappa shape index (κ2) is 6.94. The third kappa shape index (κ3) is 3.54. The van der Waals surface area contributed by atoms with Crippen molar-refractivity contribution in [3.05, 3.63) is 65.7 Å². The maximum Gasteiger partial charge on any atom is 0.494 e. The zero-order valence-electron chi connectivity index (χ0n) is 16.8. The number of benzene rings is 2. The molecule has 2 fully saturated rings. The average molecular weight is 379 g/mol. The molecule has 1 amide bonds. The molecule has 2 aliphatic rings. The Bertz CT molecular complexity index is 835. The van der Waals surface area contributed by atoms with Gasteiger partial charge in [0, 0.05) is 6.54 Å². The number of hydrogen-bond donors (Lipinski definition) is 0. The van der Waals surface area contributed by atoms with E-state index < -0.39 is 0 Å². The van der Waals surface area contributed by atoms with Crippen LogP contribution < -0.4 is 5.46 Å². The number of ether oxygens (including phenoxy) is 1. The Morgan fingerprint density at radius 1 is 0.964 bits per heavy atom. The summed E-state index contributed by atoms with van der Waals surface area (Å²) in [7, 11) is -0.377. The summed E-state index contributed by atoms with van der Waals surface area (Å²) in [6, 6.07) is 17.9. The topological polar surface area (TPSA) is 48.0 Å². The molecule has 1 unspecified atom stereocenters. The highest BCUT2D eigenvalue weighted by molar-refractivity contribution is 6.62. The van der Waals surface area contributed by atoms with Crippen LogP contribution in [0.5, 0.6) is 0 Å². The summed E-state index contributed by atoms with van der Waals surface area (Å²) >= 11 is 0. The monoisotopic (exact) mass is 379 g/mol. The molecule has 4 rings (SSSR count). The lowest BCUT2D eigenvalue weighted by Crippen LogP contribution is -2.41. The van der Waals surface area contributed by atoms with Gasteiger partial charge < -0.3 is 14.0 Å². The van der Waals surface area contributed by atoms with Crippen molar-refractivity contribution in [1.29, 1.82) is 0 Å². The number of cyclic esters (lactones) is 1. The highest BCUT2D eigenvalue weighted by atomic mass is 16.7. The minimum absolute atomic E-state index is 0.210. The molecule has 0 radical (unpaired) electrons. The van der Waals surface area contributed by atoms with E-state index in [0.29, 0.717) is 13.1 Å². The smallest absolute Gasteiger partial charge is 0.439 e. The van der Waals surface area contributed by atoms with Crippen LogP contribution in [0.4, 0.5) is 4.79 Å². The van der Waals surface area contributed by atoms with Crippen LogP contribution >= 0.6 is 0 Å². The van der Waals surface area contributed by atoms with E-state index in [2.05, 4.69) is 0 Å². The largest absolute Gasteiger partial charge is 0.494 e. The molecule has 0 saturated carbocycles. The number of carbonyl (C=O) groups excluding carboxylic acids is 1. The van der Waals surface area contributed by atoms with E-state index in [4.69, 9.17) is 14.0 Å². The van der Waals surface area contributed by atoms with E-state index in [0.717, 1.165) is 16.6 Å². The number of hydrogen-bond acceptors (Lipinski definition) is 4. The Hall–Kier alpha value is -2.31. The van der Waals surface area contributed by atoms with Gasteiger partial charge in [0.05, 0.1) is 17.7 Å². The predicted molar refractivity (Wildman–Crippen MR) is 108 cm³/mol. The predicted octanol–water partition coefficient (Wildman–Crippen LogP) is 3.68. The Morgan fingerprint density at radius 3 is 2.18 bits per heavy atom. The molecule has 28 heavy (non-hydrogen) atoms. The van der Waals surface area contributed by atoms with E-state index in [9.17, 15) is 4.79 Å². The summed E-state index contributed by atoms with van der Waals surface area (Å²) < 4.78 is 17.7. The number of nitrogens with zero attached hydrogens (tertiary/aromatic N) is 1. The second-order valence-electron chi connectivity index (χ2n) is 8.49. The fourth-order valence-corrected chi connectivity index (χ4v) is 3.46. The molecule has 2 heterocycles. The minimum Gasteiger partial charge on any atom is -0.439 e. The van der Waals surface area contributed by atoms with Crippen molar-refractivity contribution in [2.75, 3.05) is 6.54 Å². The van der Waals surface area contributed by atoms with Crippen molar-refractivity contribution in [3.8, 4) is 0 Å². The normalized spacial score (nSPS) is 23.1. The van der Waals surface area contributed by atoms with E-state index >= 15 is 0 Å². The third-order valence-electron chi connectivity index (χ3n) is 5.94. The lowest BCUT2D eigenvalue weighted by molar-refractivity contribution is 0.00578. The summed E-state index contributed by atoms with van der Waals surface area (Å²) in [4.78, 5) is 14.0. The molecule has 6 heteroatoms.